The van der Waals surface area contributed by atoms with Crippen LogP contribution in [0.1, 0.15) is 6.92 Å². The zero-order valence-electron chi connectivity index (χ0n) is 17.5. The number of ether oxygens (including phenoxy) is 1. The highest BCUT2D eigenvalue weighted by atomic mass is 35.5. The molecule has 0 amide bonds. The van der Waals surface area contributed by atoms with Crippen LogP contribution in [0.2, 0.25) is 5.02 Å². The highest BCUT2D eigenvalue weighted by molar-refractivity contribution is 6.30. The zero-order valence-corrected chi connectivity index (χ0v) is 18.3. The number of benzene rings is 3. The van der Waals surface area contributed by atoms with Gasteiger partial charge in [0.1, 0.15) is 11.4 Å². The molecule has 3 N–H and O–H groups in total. The molecule has 0 bridgehead atoms. The van der Waals surface area contributed by atoms with E-state index in [0.29, 0.717) is 28.7 Å². The van der Waals surface area contributed by atoms with Crippen LogP contribution in [0.5, 0.6) is 11.5 Å². The third kappa shape index (κ3) is 4.82. The van der Waals surface area contributed by atoms with Crippen molar-refractivity contribution in [3.63, 3.8) is 0 Å². The van der Waals surface area contributed by atoms with Gasteiger partial charge in [-0.3, -0.25) is 4.79 Å². The minimum Gasteiger partial charge on any atom is -0.449 e. The van der Waals surface area contributed by atoms with Gasteiger partial charge in [0.25, 0.3) is 0 Å². The van der Waals surface area contributed by atoms with E-state index in [9.17, 15) is 4.79 Å². The number of anilines is 1. The van der Waals surface area contributed by atoms with Gasteiger partial charge in [0, 0.05) is 17.6 Å². The highest BCUT2D eigenvalue weighted by Crippen LogP contribution is 2.28. The topological polar surface area (TPSA) is 82.2 Å². The molecule has 0 aliphatic carbocycles. The van der Waals surface area contributed by atoms with Gasteiger partial charge in [-0.1, -0.05) is 54.1 Å². The number of hydrogen-bond acceptors (Lipinski definition) is 5. The van der Waals surface area contributed by atoms with Crippen molar-refractivity contribution in [1.82, 2.24) is 9.78 Å². The van der Waals surface area contributed by atoms with E-state index in [2.05, 4.69) is 10.4 Å². The summed E-state index contributed by atoms with van der Waals surface area (Å²) in [6, 6.07) is 24.4. The van der Waals surface area contributed by atoms with Crippen molar-refractivity contribution >= 4 is 17.3 Å². The molecule has 3 aromatic carbocycles. The molecular formula is C25H23ClN4O2. The number of hydrogen-bond donors (Lipinski definition) is 2. The molecule has 1 aromatic heterocycles. The van der Waals surface area contributed by atoms with Crippen LogP contribution in [0, 0.1) is 0 Å². The van der Waals surface area contributed by atoms with Crippen LogP contribution in [0.25, 0.3) is 16.8 Å². The molecule has 32 heavy (non-hydrogen) atoms. The predicted molar refractivity (Wildman–Crippen MR) is 129 cm³/mol. The maximum atomic E-state index is 13.3. The van der Waals surface area contributed by atoms with Gasteiger partial charge in [-0.25, -0.2) is 0 Å². The van der Waals surface area contributed by atoms with Crippen LogP contribution in [0.3, 0.4) is 0 Å². The van der Waals surface area contributed by atoms with Crippen molar-refractivity contribution in [2.75, 3.05) is 11.9 Å². The van der Waals surface area contributed by atoms with Crippen LogP contribution >= 0.6 is 11.6 Å². The molecule has 0 fully saturated rings. The standard InChI is InChI=1S/C25H23ClN4O2/c1-17(15-27)29-23-16-28-30(21-11-9-20(26)10-12-21)25(31)24(23)32-22-13-7-19(8-14-22)18-5-3-2-4-6-18/h2-14,16-17,29H,15,27H2,1H3/t17-/m1/s1. The molecule has 7 heteroatoms. The van der Waals surface area contributed by atoms with Gasteiger partial charge in [0.2, 0.25) is 5.75 Å². The molecule has 6 nitrogen and oxygen atoms in total. The molecule has 0 aliphatic heterocycles. The second-order valence-electron chi connectivity index (χ2n) is 7.35. The van der Waals surface area contributed by atoms with Gasteiger partial charge in [0.15, 0.2) is 0 Å². The second kappa shape index (κ2) is 9.68. The van der Waals surface area contributed by atoms with Crippen LogP contribution in [0.15, 0.2) is 89.9 Å². The molecule has 162 valence electrons. The van der Waals surface area contributed by atoms with Gasteiger partial charge in [-0.15, -0.1) is 0 Å². The summed E-state index contributed by atoms with van der Waals surface area (Å²) in [6.45, 7) is 2.31. The summed E-state index contributed by atoms with van der Waals surface area (Å²) in [5.41, 5.74) is 8.58. The fraction of sp³-hybridized carbons (Fsp3) is 0.120. The first kappa shape index (κ1) is 21.6. The molecule has 0 unspecified atom stereocenters. The normalized spacial score (nSPS) is 11.7. The summed E-state index contributed by atoms with van der Waals surface area (Å²) in [5, 5.41) is 8.07. The number of halogens is 1. The van der Waals surface area contributed by atoms with Gasteiger partial charge in [-0.05, 0) is 54.4 Å². The van der Waals surface area contributed by atoms with Crippen molar-refractivity contribution in [2.45, 2.75) is 13.0 Å². The molecule has 1 atom stereocenters. The Hall–Kier alpha value is -3.61. The third-order valence-electron chi connectivity index (χ3n) is 4.94. The van der Waals surface area contributed by atoms with Crippen LogP contribution < -0.4 is 21.3 Å². The Labute approximate surface area is 191 Å². The second-order valence-corrected chi connectivity index (χ2v) is 7.79. The fourth-order valence-electron chi connectivity index (χ4n) is 3.19. The number of aromatic nitrogens is 2. The lowest BCUT2D eigenvalue weighted by Crippen LogP contribution is -2.28. The van der Waals surface area contributed by atoms with E-state index >= 15 is 0 Å². The van der Waals surface area contributed by atoms with Gasteiger partial charge >= 0.3 is 5.56 Å². The molecule has 1 heterocycles. The molecule has 4 aromatic rings. The molecular weight excluding hydrogens is 424 g/mol. The van der Waals surface area contributed by atoms with Gasteiger partial charge < -0.3 is 15.8 Å². The lowest BCUT2D eigenvalue weighted by atomic mass is 10.1. The van der Waals surface area contributed by atoms with Crippen LogP contribution in [-0.2, 0) is 0 Å². The van der Waals surface area contributed by atoms with E-state index in [4.69, 9.17) is 22.1 Å². The summed E-state index contributed by atoms with van der Waals surface area (Å²) in [6.07, 6.45) is 1.57. The van der Waals surface area contributed by atoms with Gasteiger partial charge in [-0.2, -0.15) is 9.78 Å². The van der Waals surface area contributed by atoms with E-state index in [0.717, 1.165) is 11.1 Å². The summed E-state index contributed by atoms with van der Waals surface area (Å²) in [7, 11) is 0. The predicted octanol–water partition coefficient (Wildman–Crippen LogP) is 5.10. The number of rotatable bonds is 7. The molecule has 0 spiro atoms. The van der Waals surface area contributed by atoms with Crippen molar-refractivity contribution < 1.29 is 4.74 Å². The Morgan fingerprint density at radius 1 is 1.00 bits per heavy atom. The maximum absolute atomic E-state index is 13.3. The minimum absolute atomic E-state index is 0.0645. The van der Waals surface area contributed by atoms with Crippen molar-refractivity contribution in [2.24, 2.45) is 5.73 Å². The molecule has 0 saturated carbocycles. The average molecular weight is 447 g/mol. The van der Waals surface area contributed by atoms with E-state index in [1.807, 2.05) is 61.5 Å². The highest BCUT2D eigenvalue weighted by Gasteiger charge is 2.17. The SMILES string of the molecule is C[C@H](CN)Nc1cnn(-c2ccc(Cl)cc2)c(=O)c1Oc1ccc(-c2ccccc2)cc1. The number of nitrogens with one attached hydrogen (secondary N) is 1. The number of nitrogens with two attached hydrogens (primary N) is 1. The first-order valence-electron chi connectivity index (χ1n) is 10.2. The summed E-state index contributed by atoms with van der Waals surface area (Å²) >= 11 is 5.98. The monoisotopic (exact) mass is 446 g/mol. The van der Waals surface area contributed by atoms with Gasteiger partial charge in [0.05, 0.1) is 11.9 Å². The smallest absolute Gasteiger partial charge is 0.316 e. The molecule has 4 rings (SSSR count). The Morgan fingerprint density at radius 2 is 1.66 bits per heavy atom. The lowest BCUT2D eigenvalue weighted by molar-refractivity contribution is 0.469. The first-order chi connectivity index (χ1) is 15.5. The quantitative estimate of drug-likeness (QED) is 0.412. The van der Waals surface area contributed by atoms with E-state index in [1.54, 1.807) is 30.5 Å². The van der Waals surface area contributed by atoms with Crippen molar-refractivity contribution in [1.29, 1.82) is 0 Å². The maximum Gasteiger partial charge on any atom is 0.316 e. The van der Waals surface area contributed by atoms with Crippen LogP contribution in [0.4, 0.5) is 5.69 Å². The van der Waals surface area contributed by atoms with Crippen molar-refractivity contribution in [3.05, 3.63) is 100 Å². The van der Waals surface area contributed by atoms with Crippen molar-refractivity contribution in [3.8, 4) is 28.3 Å². The summed E-state index contributed by atoms with van der Waals surface area (Å²) in [4.78, 5) is 13.3. The summed E-state index contributed by atoms with van der Waals surface area (Å²) in [5.74, 6) is 0.682. The minimum atomic E-state index is -0.395. The average Bonchev–Trinajstić information content (AvgIpc) is 2.83. The first-order valence-corrected chi connectivity index (χ1v) is 10.6. The van der Waals surface area contributed by atoms with Crippen LogP contribution in [-0.4, -0.2) is 22.4 Å². The zero-order chi connectivity index (χ0) is 22.5. The van der Waals surface area contributed by atoms with E-state index in [1.165, 1.54) is 4.68 Å². The Bertz CT molecular complexity index is 1240. The largest absolute Gasteiger partial charge is 0.449 e. The van der Waals surface area contributed by atoms with E-state index < -0.39 is 5.56 Å². The Kier molecular flexibility index (Phi) is 6.54. The molecule has 0 aliphatic rings. The summed E-state index contributed by atoms with van der Waals surface area (Å²) < 4.78 is 7.34. The lowest BCUT2D eigenvalue weighted by Gasteiger charge is -2.17. The Balaban J connectivity index is 1.71. The fourth-order valence-corrected chi connectivity index (χ4v) is 3.32. The molecule has 0 radical (unpaired) electrons. The molecule has 0 saturated heterocycles. The third-order valence-corrected chi connectivity index (χ3v) is 5.19. The van der Waals surface area contributed by atoms with E-state index in [-0.39, 0.29) is 11.8 Å². The Morgan fingerprint density at radius 3 is 2.31 bits per heavy atom. The number of nitrogens with zero attached hydrogens (tertiary/aromatic N) is 2.